The molecule has 0 aromatic heterocycles. The molecule has 0 unspecified atom stereocenters. The molecule has 1 saturated carbocycles. The molecule has 0 spiro atoms. The van der Waals surface area contributed by atoms with Gasteiger partial charge in [0.2, 0.25) is 0 Å². The molecule has 0 amide bonds. The lowest BCUT2D eigenvalue weighted by molar-refractivity contribution is 0.127. The van der Waals surface area contributed by atoms with Crippen molar-refractivity contribution < 1.29 is 0 Å². The normalized spacial score (nSPS) is 28.6. The van der Waals surface area contributed by atoms with Gasteiger partial charge in [0.05, 0.1) is 0 Å². The van der Waals surface area contributed by atoms with Crippen molar-refractivity contribution in [2.45, 2.75) is 38.6 Å². The molecule has 20 heavy (non-hydrogen) atoms. The molecule has 1 aliphatic carbocycles. The van der Waals surface area contributed by atoms with Crippen molar-refractivity contribution in [3.63, 3.8) is 0 Å². The minimum atomic E-state index is 0.834. The maximum Gasteiger partial charge on any atom is 0.0426 e. The Balaban J connectivity index is 1.56. The van der Waals surface area contributed by atoms with E-state index in [4.69, 9.17) is 11.6 Å². The van der Waals surface area contributed by atoms with Crippen LogP contribution < -0.4 is 4.90 Å². The average Bonchev–Trinajstić information content (AvgIpc) is 2.47. The quantitative estimate of drug-likeness (QED) is 0.812. The number of benzene rings is 1. The van der Waals surface area contributed by atoms with Crippen LogP contribution in [0.25, 0.3) is 0 Å². The lowest BCUT2D eigenvalue weighted by Gasteiger charge is -2.42. The number of nitrogens with zero attached hydrogens (tertiary/aromatic N) is 2. The minimum Gasteiger partial charge on any atom is -0.369 e. The van der Waals surface area contributed by atoms with Crippen LogP contribution in [0.1, 0.15) is 32.6 Å². The first kappa shape index (κ1) is 14.2. The highest BCUT2D eigenvalue weighted by atomic mass is 35.5. The number of piperazine rings is 1. The van der Waals surface area contributed by atoms with E-state index in [1.54, 1.807) is 0 Å². The SMILES string of the molecule is C[C@H]1CCC[C@@H](N2CCN(c3cccc(Cl)c3)CC2)C1. The van der Waals surface area contributed by atoms with Crippen LogP contribution in [0.15, 0.2) is 24.3 Å². The van der Waals surface area contributed by atoms with Crippen molar-refractivity contribution in [1.29, 1.82) is 0 Å². The van der Waals surface area contributed by atoms with Crippen molar-refractivity contribution in [3.8, 4) is 0 Å². The van der Waals surface area contributed by atoms with Gasteiger partial charge in [0.25, 0.3) is 0 Å². The fourth-order valence-electron chi connectivity index (χ4n) is 3.75. The van der Waals surface area contributed by atoms with Crippen LogP contribution >= 0.6 is 11.6 Å². The molecule has 110 valence electrons. The van der Waals surface area contributed by atoms with Crippen molar-refractivity contribution in [3.05, 3.63) is 29.3 Å². The monoisotopic (exact) mass is 292 g/mol. The second-order valence-corrected chi connectivity index (χ2v) is 6.86. The standard InChI is InChI=1S/C17H25ClN2/c1-14-4-2-6-16(12-14)19-8-10-20(11-9-19)17-7-3-5-15(18)13-17/h3,5,7,13-14,16H,2,4,6,8-12H2,1H3/t14-,16+/m0/s1. The Hall–Kier alpha value is -0.730. The molecule has 1 aromatic rings. The number of rotatable bonds is 2. The van der Waals surface area contributed by atoms with E-state index in [1.165, 1.54) is 44.5 Å². The fourth-order valence-corrected chi connectivity index (χ4v) is 3.94. The van der Waals surface area contributed by atoms with Gasteiger partial charge in [0, 0.05) is 42.9 Å². The van der Waals surface area contributed by atoms with Crippen LogP contribution in [-0.2, 0) is 0 Å². The van der Waals surface area contributed by atoms with Gasteiger partial charge in [-0.3, -0.25) is 4.90 Å². The van der Waals surface area contributed by atoms with Gasteiger partial charge in [-0.2, -0.15) is 0 Å². The van der Waals surface area contributed by atoms with Crippen LogP contribution in [0.2, 0.25) is 5.02 Å². The van der Waals surface area contributed by atoms with Crippen LogP contribution in [0.4, 0.5) is 5.69 Å². The highest BCUT2D eigenvalue weighted by Gasteiger charge is 2.27. The molecule has 3 heteroatoms. The van der Waals surface area contributed by atoms with E-state index >= 15 is 0 Å². The van der Waals surface area contributed by atoms with Crippen LogP contribution in [0, 0.1) is 5.92 Å². The molecule has 1 heterocycles. The van der Waals surface area contributed by atoms with Gasteiger partial charge in [-0.1, -0.05) is 37.4 Å². The molecule has 1 aromatic carbocycles. The van der Waals surface area contributed by atoms with E-state index in [-0.39, 0.29) is 0 Å². The summed E-state index contributed by atoms with van der Waals surface area (Å²) in [7, 11) is 0. The van der Waals surface area contributed by atoms with Gasteiger partial charge >= 0.3 is 0 Å². The second-order valence-electron chi connectivity index (χ2n) is 6.43. The topological polar surface area (TPSA) is 6.48 Å². The molecule has 2 nitrogen and oxygen atoms in total. The zero-order chi connectivity index (χ0) is 13.9. The van der Waals surface area contributed by atoms with E-state index in [0.717, 1.165) is 30.1 Å². The Bertz CT molecular complexity index is 440. The molecule has 1 aliphatic heterocycles. The molecule has 0 bridgehead atoms. The largest absolute Gasteiger partial charge is 0.369 e. The predicted molar refractivity (Wildman–Crippen MR) is 86.7 cm³/mol. The summed E-state index contributed by atoms with van der Waals surface area (Å²) in [4.78, 5) is 5.19. The molecular formula is C17H25ClN2. The van der Waals surface area contributed by atoms with Crippen molar-refractivity contribution >= 4 is 17.3 Å². The summed E-state index contributed by atoms with van der Waals surface area (Å²) in [6.07, 6.45) is 5.65. The fraction of sp³-hybridized carbons (Fsp3) is 0.647. The van der Waals surface area contributed by atoms with E-state index in [9.17, 15) is 0 Å². The first-order chi connectivity index (χ1) is 9.72. The molecule has 1 saturated heterocycles. The van der Waals surface area contributed by atoms with Gasteiger partial charge in [-0.05, 0) is 37.0 Å². The Morgan fingerprint density at radius 1 is 1.10 bits per heavy atom. The van der Waals surface area contributed by atoms with E-state index in [0.29, 0.717) is 0 Å². The second kappa shape index (κ2) is 6.36. The Morgan fingerprint density at radius 3 is 2.60 bits per heavy atom. The summed E-state index contributed by atoms with van der Waals surface area (Å²) in [5.41, 5.74) is 1.27. The third kappa shape index (κ3) is 3.29. The predicted octanol–water partition coefficient (Wildman–Crippen LogP) is 4.04. The van der Waals surface area contributed by atoms with Crippen molar-refractivity contribution in [1.82, 2.24) is 4.90 Å². The van der Waals surface area contributed by atoms with Gasteiger partial charge in [0.15, 0.2) is 0 Å². The summed E-state index contributed by atoms with van der Waals surface area (Å²) in [6, 6.07) is 9.09. The first-order valence-electron chi connectivity index (χ1n) is 7.97. The average molecular weight is 293 g/mol. The summed E-state index contributed by atoms with van der Waals surface area (Å²) >= 11 is 6.09. The van der Waals surface area contributed by atoms with Crippen LogP contribution in [0.3, 0.4) is 0 Å². The third-order valence-corrected chi connectivity index (χ3v) is 5.15. The Labute approximate surface area is 127 Å². The summed E-state index contributed by atoms with van der Waals surface area (Å²) < 4.78 is 0. The molecule has 2 atom stereocenters. The van der Waals surface area contributed by atoms with Gasteiger partial charge in [0.1, 0.15) is 0 Å². The number of halogens is 1. The maximum atomic E-state index is 6.09. The van der Waals surface area contributed by atoms with E-state index < -0.39 is 0 Å². The summed E-state index contributed by atoms with van der Waals surface area (Å²) in [5.74, 6) is 0.916. The lowest BCUT2D eigenvalue weighted by atomic mass is 9.86. The molecular weight excluding hydrogens is 268 g/mol. The smallest absolute Gasteiger partial charge is 0.0426 e. The van der Waals surface area contributed by atoms with Crippen LogP contribution in [-0.4, -0.2) is 37.1 Å². The van der Waals surface area contributed by atoms with E-state index in [2.05, 4.69) is 28.9 Å². The summed E-state index contributed by atoms with van der Waals surface area (Å²) in [6.45, 7) is 7.07. The van der Waals surface area contributed by atoms with Gasteiger partial charge < -0.3 is 4.90 Å². The van der Waals surface area contributed by atoms with Gasteiger partial charge in [-0.15, -0.1) is 0 Å². The van der Waals surface area contributed by atoms with Crippen molar-refractivity contribution in [2.24, 2.45) is 5.92 Å². The Morgan fingerprint density at radius 2 is 1.90 bits per heavy atom. The molecule has 3 rings (SSSR count). The Kier molecular flexibility index (Phi) is 4.52. The molecule has 2 fully saturated rings. The maximum absolute atomic E-state index is 6.09. The number of anilines is 1. The number of hydrogen-bond donors (Lipinski definition) is 0. The zero-order valence-corrected chi connectivity index (χ0v) is 13.1. The van der Waals surface area contributed by atoms with Gasteiger partial charge in [-0.25, -0.2) is 0 Å². The first-order valence-corrected chi connectivity index (χ1v) is 8.35. The number of hydrogen-bond acceptors (Lipinski definition) is 2. The highest BCUT2D eigenvalue weighted by molar-refractivity contribution is 6.30. The lowest BCUT2D eigenvalue weighted by Crippen LogP contribution is -2.51. The molecule has 0 N–H and O–H groups in total. The molecule has 0 radical (unpaired) electrons. The highest BCUT2D eigenvalue weighted by Crippen LogP contribution is 2.29. The summed E-state index contributed by atoms with van der Waals surface area (Å²) in [5, 5.41) is 0.839. The zero-order valence-electron chi connectivity index (χ0n) is 12.4. The molecule has 2 aliphatic rings. The van der Waals surface area contributed by atoms with Crippen LogP contribution in [0.5, 0.6) is 0 Å². The third-order valence-electron chi connectivity index (χ3n) is 4.91. The minimum absolute atomic E-state index is 0.834. The van der Waals surface area contributed by atoms with Crippen molar-refractivity contribution in [2.75, 3.05) is 31.1 Å². The van der Waals surface area contributed by atoms with E-state index in [1.807, 2.05) is 12.1 Å².